The predicted molar refractivity (Wildman–Crippen MR) is 117 cm³/mol. The second-order valence-electron chi connectivity index (χ2n) is 6.67. The van der Waals surface area contributed by atoms with Crippen LogP contribution in [-0.2, 0) is 4.74 Å². The summed E-state index contributed by atoms with van der Waals surface area (Å²) in [5.41, 5.74) is 3.31. The van der Waals surface area contributed by atoms with Crippen LogP contribution >= 0.6 is 0 Å². The predicted octanol–water partition coefficient (Wildman–Crippen LogP) is 4.36. The first-order valence-electron chi connectivity index (χ1n) is 9.79. The van der Waals surface area contributed by atoms with E-state index >= 15 is 0 Å². The number of anilines is 1. The quantitative estimate of drug-likeness (QED) is 0.476. The van der Waals surface area contributed by atoms with Gasteiger partial charge < -0.3 is 10.1 Å². The zero-order valence-corrected chi connectivity index (χ0v) is 16.9. The molecular formula is C24H20N4O3. The highest BCUT2D eigenvalue weighted by molar-refractivity contribution is 6.08. The van der Waals surface area contributed by atoms with Crippen molar-refractivity contribution in [1.29, 1.82) is 0 Å². The molecule has 2 aromatic carbocycles. The molecule has 4 aromatic rings. The second-order valence-corrected chi connectivity index (χ2v) is 6.67. The summed E-state index contributed by atoms with van der Waals surface area (Å²) in [6, 6.07) is 19.8. The molecule has 1 amide bonds. The number of hydrogen-bond acceptors (Lipinski definition) is 5. The molecule has 4 rings (SSSR count). The van der Waals surface area contributed by atoms with Gasteiger partial charge in [0.2, 0.25) is 0 Å². The van der Waals surface area contributed by atoms with Crippen molar-refractivity contribution in [3.8, 4) is 16.9 Å². The smallest absolute Gasteiger partial charge is 0.338 e. The fourth-order valence-electron chi connectivity index (χ4n) is 3.11. The van der Waals surface area contributed by atoms with Crippen LogP contribution in [0, 0.1) is 0 Å². The van der Waals surface area contributed by atoms with Crippen molar-refractivity contribution in [1.82, 2.24) is 14.8 Å². The van der Waals surface area contributed by atoms with E-state index in [1.165, 1.54) is 0 Å². The molecule has 2 heterocycles. The summed E-state index contributed by atoms with van der Waals surface area (Å²) in [7, 11) is 0. The Labute approximate surface area is 179 Å². The molecule has 0 saturated heterocycles. The van der Waals surface area contributed by atoms with Crippen LogP contribution in [0.5, 0.6) is 0 Å². The maximum atomic E-state index is 13.2. The van der Waals surface area contributed by atoms with E-state index in [2.05, 4.69) is 15.4 Å². The number of para-hydroxylation sites is 1. The summed E-state index contributed by atoms with van der Waals surface area (Å²) in [5, 5.41) is 7.48. The number of pyridine rings is 1. The molecule has 1 N–H and O–H groups in total. The molecule has 0 aliphatic rings. The Hall–Kier alpha value is -4.26. The van der Waals surface area contributed by atoms with Crippen molar-refractivity contribution in [3.05, 3.63) is 96.4 Å². The summed E-state index contributed by atoms with van der Waals surface area (Å²) in [4.78, 5) is 29.3. The van der Waals surface area contributed by atoms with Gasteiger partial charge in [0.15, 0.2) is 0 Å². The van der Waals surface area contributed by atoms with Crippen molar-refractivity contribution in [2.45, 2.75) is 6.92 Å². The average molecular weight is 412 g/mol. The number of carbonyl (C=O) groups is 2. The van der Waals surface area contributed by atoms with E-state index in [9.17, 15) is 9.59 Å². The number of esters is 1. The van der Waals surface area contributed by atoms with Crippen LogP contribution in [0.1, 0.15) is 27.6 Å². The Morgan fingerprint density at radius 1 is 1.03 bits per heavy atom. The molecule has 31 heavy (non-hydrogen) atoms. The molecule has 0 atom stereocenters. The largest absolute Gasteiger partial charge is 0.462 e. The van der Waals surface area contributed by atoms with Crippen LogP contribution in [0.15, 0.2) is 85.3 Å². The number of amides is 1. The van der Waals surface area contributed by atoms with Gasteiger partial charge >= 0.3 is 5.97 Å². The van der Waals surface area contributed by atoms with E-state index in [4.69, 9.17) is 4.74 Å². The Bertz CT molecular complexity index is 1200. The lowest BCUT2D eigenvalue weighted by molar-refractivity contribution is 0.0526. The molecule has 0 aliphatic heterocycles. The highest BCUT2D eigenvalue weighted by atomic mass is 16.5. The number of aromatic nitrogens is 3. The van der Waals surface area contributed by atoms with Gasteiger partial charge in [0.25, 0.3) is 5.91 Å². The normalized spacial score (nSPS) is 10.5. The number of rotatable bonds is 6. The third-order valence-electron chi connectivity index (χ3n) is 4.55. The molecule has 0 saturated carbocycles. The summed E-state index contributed by atoms with van der Waals surface area (Å²) < 4.78 is 6.69. The molecule has 154 valence electrons. The molecule has 0 aliphatic carbocycles. The molecule has 0 spiro atoms. The van der Waals surface area contributed by atoms with Gasteiger partial charge in [-0.2, -0.15) is 5.10 Å². The Morgan fingerprint density at radius 3 is 2.61 bits per heavy atom. The van der Waals surface area contributed by atoms with Crippen LogP contribution in [0.2, 0.25) is 0 Å². The number of nitrogens with one attached hydrogen (secondary N) is 1. The van der Waals surface area contributed by atoms with Crippen LogP contribution < -0.4 is 5.32 Å². The zero-order valence-electron chi connectivity index (χ0n) is 16.9. The Morgan fingerprint density at radius 2 is 1.87 bits per heavy atom. The number of ether oxygens (including phenoxy) is 1. The molecule has 0 fully saturated rings. The first-order valence-corrected chi connectivity index (χ1v) is 9.79. The Kier molecular flexibility index (Phi) is 5.84. The average Bonchev–Trinajstić information content (AvgIpc) is 3.26. The minimum absolute atomic E-state index is 0.280. The van der Waals surface area contributed by atoms with E-state index in [1.807, 2.05) is 36.4 Å². The molecule has 0 unspecified atom stereocenters. The number of benzene rings is 2. The van der Waals surface area contributed by atoms with Gasteiger partial charge in [0.05, 0.1) is 23.4 Å². The Balaban J connectivity index is 1.68. The molecule has 0 bridgehead atoms. The van der Waals surface area contributed by atoms with E-state index in [-0.39, 0.29) is 12.5 Å². The van der Waals surface area contributed by atoms with Gasteiger partial charge in [0.1, 0.15) is 5.69 Å². The molecule has 7 nitrogen and oxygen atoms in total. The molecule has 2 aromatic heterocycles. The second kappa shape index (κ2) is 9.04. The third-order valence-corrected chi connectivity index (χ3v) is 4.55. The van der Waals surface area contributed by atoms with Gasteiger partial charge in [-0.05, 0) is 49.4 Å². The van der Waals surface area contributed by atoms with E-state index in [0.29, 0.717) is 22.5 Å². The van der Waals surface area contributed by atoms with Crippen molar-refractivity contribution in [2.24, 2.45) is 0 Å². The fourth-order valence-corrected chi connectivity index (χ4v) is 3.11. The van der Waals surface area contributed by atoms with Gasteiger partial charge in [0, 0.05) is 29.8 Å². The summed E-state index contributed by atoms with van der Waals surface area (Å²) in [5.74, 6) is -0.784. The molecule has 7 heteroatoms. The van der Waals surface area contributed by atoms with Crippen molar-refractivity contribution in [2.75, 3.05) is 11.9 Å². The standard InChI is InChI=1S/C24H20N4O3/c1-2-31-24(30)17-8-6-10-19(14-17)26-23(29)21-16-28(20-11-4-3-5-12-20)27-22(21)18-9-7-13-25-15-18/h3-16H,2H2,1H3,(H,26,29). The lowest BCUT2D eigenvalue weighted by Crippen LogP contribution is -2.13. The fraction of sp³-hybridized carbons (Fsp3) is 0.0833. The first-order chi connectivity index (χ1) is 15.2. The number of hydrogen-bond donors (Lipinski definition) is 1. The van der Waals surface area contributed by atoms with Gasteiger partial charge in [-0.25, -0.2) is 9.48 Å². The van der Waals surface area contributed by atoms with Gasteiger partial charge in [-0.1, -0.05) is 24.3 Å². The highest BCUT2D eigenvalue weighted by Crippen LogP contribution is 2.24. The van der Waals surface area contributed by atoms with Crippen molar-refractivity contribution < 1.29 is 14.3 Å². The lowest BCUT2D eigenvalue weighted by Gasteiger charge is -2.07. The van der Waals surface area contributed by atoms with Crippen molar-refractivity contribution >= 4 is 17.6 Å². The topological polar surface area (TPSA) is 86.1 Å². The van der Waals surface area contributed by atoms with E-state index in [0.717, 1.165) is 11.3 Å². The maximum absolute atomic E-state index is 13.2. The third kappa shape index (κ3) is 4.51. The summed E-state index contributed by atoms with van der Waals surface area (Å²) in [6.45, 7) is 2.02. The summed E-state index contributed by atoms with van der Waals surface area (Å²) in [6.07, 6.45) is 5.01. The van der Waals surface area contributed by atoms with Crippen molar-refractivity contribution in [3.63, 3.8) is 0 Å². The minimum Gasteiger partial charge on any atom is -0.462 e. The highest BCUT2D eigenvalue weighted by Gasteiger charge is 2.19. The number of carbonyl (C=O) groups excluding carboxylic acids is 2. The summed E-state index contributed by atoms with van der Waals surface area (Å²) >= 11 is 0. The van der Waals surface area contributed by atoms with E-state index in [1.54, 1.807) is 60.5 Å². The SMILES string of the molecule is CCOC(=O)c1cccc(NC(=O)c2cn(-c3ccccc3)nc2-c2cccnc2)c1. The molecule has 0 radical (unpaired) electrons. The van der Waals surface area contributed by atoms with Crippen LogP contribution in [-0.4, -0.2) is 33.2 Å². The first kappa shape index (κ1) is 20.0. The molecular weight excluding hydrogens is 392 g/mol. The monoisotopic (exact) mass is 412 g/mol. The van der Waals surface area contributed by atoms with Gasteiger partial charge in [-0.15, -0.1) is 0 Å². The maximum Gasteiger partial charge on any atom is 0.338 e. The number of nitrogens with zero attached hydrogens (tertiary/aromatic N) is 3. The van der Waals surface area contributed by atoms with E-state index < -0.39 is 5.97 Å². The van der Waals surface area contributed by atoms with Crippen LogP contribution in [0.4, 0.5) is 5.69 Å². The minimum atomic E-state index is -0.438. The van der Waals surface area contributed by atoms with Gasteiger partial charge in [-0.3, -0.25) is 9.78 Å². The van der Waals surface area contributed by atoms with Crippen LogP contribution in [0.3, 0.4) is 0 Å². The zero-order chi connectivity index (χ0) is 21.6. The lowest BCUT2D eigenvalue weighted by atomic mass is 10.1. The van der Waals surface area contributed by atoms with Crippen LogP contribution in [0.25, 0.3) is 16.9 Å².